The lowest BCUT2D eigenvalue weighted by molar-refractivity contribution is -0.123. The molecule has 134 valence electrons. The molecule has 5 nitrogen and oxygen atoms in total. The molecule has 0 bridgehead atoms. The summed E-state index contributed by atoms with van der Waals surface area (Å²) in [5, 5.41) is 2.73. The van der Waals surface area contributed by atoms with Crippen LogP contribution in [0.15, 0.2) is 36.4 Å². The van der Waals surface area contributed by atoms with Crippen molar-refractivity contribution in [3.8, 4) is 17.2 Å². The molecule has 1 atom stereocenters. The van der Waals surface area contributed by atoms with Gasteiger partial charge < -0.3 is 19.5 Å². The largest absolute Gasteiger partial charge is 0.497 e. The molecule has 0 aliphatic rings. The number of rotatable bonds is 7. The maximum Gasteiger partial charge on any atom is 0.258 e. The minimum absolute atomic E-state index is 0.189. The molecule has 0 saturated heterocycles. The first-order valence-electron chi connectivity index (χ1n) is 7.53. The van der Waals surface area contributed by atoms with Gasteiger partial charge in [-0.1, -0.05) is 0 Å². The van der Waals surface area contributed by atoms with Crippen molar-refractivity contribution in [2.75, 3.05) is 20.8 Å². The second-order valence-electron chi connectivity index (χ2n) is 5.26. The van der Waals surface area contributed by atoms with Crippen molar-refractivity contribution in [1.82, 2.24) is 5.32 Å². The predicted octanol–water partition coefficient (Wildman–Crippen LogP) is 3.24. The van der Waals surface area contributed by atoms with Gasteiger partial charge in [-0.15, -0.1) is 0 Å². The van der Waals surface area contributed by atoms with Crippen molar-refractivity contribution in [3.63, 3.8) is 0 Å². The molecule has 2 aromatic carbocycles. The number of carbonyl (C=O) groups excluding carboxylic acids is 1. The zero-order valence-electron chi connectivity index (χ0n) is 14.1. The Labute approximate surface area is 144 Å². The molecule has 0 saturated carbocycles. The average Bonchev–Trinajstić information content (AvgIpc) is 2.60. The fourth-order valence-electron chi connectivity index (χ4n) is 2.27. The van der Waals surface area contributed by atoms with Crippen LogP contribution in [0.5, 0.6) is 17.2 Å². The second kappa shape index (κ2) is 8.32. The van der Waals surface area contributed by atoms with Gasteiger partial charge in [0, 0.05) is 17.7 Å². The van der Waals surface area contributed by atoms with E-state index in [-0.39, 0.29) is 11.8 Å². The van der Waals surface area contributed by atoms with E-state index in [0.717, 1.165) is 17.7 Å². The van der Waals surface area contributed by atoms with Gasteiger partial charge in [0.15, 0.2) is 18.2 Å². The highest BCUT2D eigenvalue weighted by atomic mass is 19.1. The van der Waals surface area contributed by atoms with Gasteiger partial charge in [0.25, 0.3) is 5.91 Å². The summed E-state index contributed by atoms with van der Waals surface area (Å²) < 4.78 is 41.8. The first kappa shape index (κ1) is 18.5. The van der Waals surface area contributed by atoms with E-state index in [1.54, 1.807) is 32.2 Å². The summed E-state index contributed by atoms with van der Waals surface area (Å²) in [7, 11) is 3.07. The first-order chi connectivity index (χ1) is 11.9. The molecular weight excluding hydrogens is 332 g/mol. The lowest BCUT2D eigenvalue weighted by Crippen LogP contribution is -2.31. The molecule has 1 N–H and O–H groups in total. The average molecular weight is 351 g/mol. The van der Waals surface area contributed by atoms with Crippen LogP contribution in [0.3, 0.4) is 0 Å². The van der Waals surface area contributed by atoms with Gasteiger partial charge in [-0.3, -0.25) is 4.79 Å². The Morgan fingerprint density at radius 2 is 1.84 bits per heavy atom. The zero-order valence-corrected chi connectivity index (χ0v) is 14.1. The number of hydrogen-bond donors (Lipinski definition) is 1. The molecule has 0 fully saturated rings. The van der Waals surface area contributed by atoms with Crippen molar-refractivity contribution in [1.29, 1.82) is 0 Å². The lowest BCUT2D eigenvalue weighted by Gasteiger charge is -2.18. The fraction of sp³-hybridized carbons (Fsp3) is 0.278. The standard InChI is InChI=1S/C18H19F2NO4/c1-11(14-6-5-13(23-2)9-17(14)24-3)21-18(22)10-25-16-7-4-12(19)8-15(16)20/h4-9,11H,10H2,1-3H3,(H,21,22). The van der Waals surface area contributed by atoms with E-state index < -0.39 is 24.1 Å². The highest BCUT2D eigenvalue weighted by Crippen LogP contribution is 2.29. The number of nitrogens with one attached hydrogen (secondary N) is 1. The van der Waals surface area contributed by atoms with Gasteiger partial charge in [-0.2, -0.15) is 0 Å². The van der Waals surface area contributed by atoms with Gasteiger partial charge >= 0.3 is 0 Å². The lowest BCUT2D eigenvalue weighted by atomic mass is 10.1. The summed E-state index contributed by atoms with van der Waals surface area (Å²) in [6, 6.07) is 7.76. The quantitative estimate of drug-likeness (QED) is 0.832. The molecule has 2 rings (SSSR count). The third kappa shape index (κ3) is 4.82. The topological polar surface area (TPSA) is 56.8 Å². The van der Waals surface area contributed by atoms with Crippen LogP contribution in [0.1, 0.15) is 18.5 Å². The van der Waals surface area contributed by atoms with E-state index >= 15 is 0 Å². The van der Waals surface area contributed by atoms with Crippen LogP contribution < -0.4 is 19.5 Å². The molecule has 0 heterocycles. The van der Waals surface area contributed by atoms with Gasteiger partial charge in [0.05, 0.1) is 20.3 Å². The second-order valence-corrected chi connectivity index (χ2v) is 5.26. The minimum atomic E-state index is -0.863. The van der Waals surface area contributed by atoms with E-state index in [4.69, 9.17) is 14.2 Å². The van der Waals surface area contributed by atoms with Crippen LogP contribution >= 0.6 is 0 Å². The van der Waals surface area contributed by atoms with Crippen molar-refractivity contribution in [2.45, 2.75) is 13.0 Å². The smallest absolute Gasteiger partial charge is 0.258 e. The Morgan fingerprint density at radius 1 is 1.08 bits per heavy atom. The fourth-order valence-corrected chi connectivity index (χ4v) is 2.27. The maximum absolute atomic E-state index is 13.5. The molecule has 0 aromatic heterocycles. The molecule has 25 heavy (non-hydrogen) atoms. The minimum Gasteiger partial charge on any atom is -0.497 e. The van der Waals surface area contributed by atoms with Crippen LogP contribution in [-0.2, 0) is 4.79 Å². The van der Waals surface area contributed by atoms with E-state index in [0.29, 0.717) is 17.6 Å². The van der Waals surface area contributed by atoms with Crippen LogP contribution in [-0.4, -0.2) is 26.7 Å². The van der Waals surface area contributed by atoms with Crippen molar-refractivity contribution >= 4 is 5.91 Å². The first-order valence-corrected chi connectivity index (χ1v) is 7.53. The molecule has 7 heteroatoms. The molecule has 0 aliphatic carbocycles. The Bertz CT molecular complexity index is 752. The molecule has 0 aliphatic heterocycles. The normalized spacial score (nSPS) is 11.6. The van der Waals surface area contributed by atoms with Crippen molar-refractivity contribution < 1.29 is 27.8 Å². The third-order valence-electron chi connectivity index (χ3n) is 3.54. The van der Waals surface area contributed by atoms with E-state index in [9.17, 15) is 13.6 Å². The molecule has 0 spiro atoms. The monoisotopic (exact) mass is 351 g/mol. The number of amides is 1. The van der Waals surface area contributed by atoms with E-state index in [1.807, 2.05) is 0 Å². The SMILES string of the molecule is COc1ccc(C(C)NC(=O)COc2ccc(F)cc2F)c(OC)c1. The van der Waals surface area contributed by atoms with Crippen molar-refractivity contribution in [2.24, 2.45) is 0 Å². The summed E-state index contributed by atoms with van der Waals surface area (Å²) in [5.74, 6) is -1.01. The zero-order chi connectivity index (χ0) is 18.4. The third-order valence-corrected chi connectivity index (χ3v) is 3.54. The molecule has 1 amide bonds. The molecule has 0 radical (unpaired) electrons. The van der Waals surface area contributed by atoms with Crippen LogP contribution in [0.25, 0.3) is 0 Å². The number of hydrogen-bond acceptors (Lipinski definition) is 4. The molecule has 2 aromatic rings. The van der Waals surface area contributed by atoms with Gasteiger partial charge in [0.1, 0.15) is 17.3 Å². The Kier molecular flexibility index (Phi) is 6.16. The summed E-state index contributed by atoms with van der Waals surface area (Å²) in [6.45, 7) is 1.38. The van der Waals surface area contributed by atoms with Crippen LogP contribution in [0.2, 0.25) is 0 Å². The highest BCUT2D eigenvalue weighted by Gasteiger charge is 2.16. The summed E-state index contributed by atoms with van der Waals surface area (Å²) >= 11 is 0. The predicted molar refractivity (Wildman–Crippen MR) is 88.0 cm³/mol. The number of benzene rings is 2. The highest BCUT2D eigenvalue weighted by molar-refractivity contribution is 5.78. The van der Waals surface area contributed by atoms with Crippen molar-refractivity contribution in [3.05, 3.63) is 53.6 Å². The maximum atomic E-state index is 13.5. The van der Waals surface area contributed by atoms with E-state index in [1.165, 1.54) is 7.11 Å². The molecule has 1 unspecified atom stereocenters. The van der Waals surface area contributed by atoms with Gasteiger partial charge in [-0.25, -0.2) is 8.78 Å². The van der Waals surface area contributed by atoms with Crippen LogP contribution in [0.4, 0.5) is 8.78 Å². The summed E-state index contributed by atoms with van der Waals surface area (Å²) in [5.41, 5.74) is 0.754. The van der Waals surface area contributed by atoms with Crippen LogP contribution in [0, 0.1) is 11.6 Å². The number of ether oxygens (including phenoxy) is 3. The summed E-state index contributed by atoms with van der Waals surface area (Å²) in [6.07, 6.45) is 0. The summed E-state index contributed by atoms with van der Waals surface area (Å²) in [4.78, 5) is 12.0. The van der Waals surface area contributed by atoms with Gasteiger partial charge in [-0.05, 0) is 31.2 Å². The van der Waals surface area contributed by atoms with Gasteiger partial charge in [0.2, 0.25) is 0 Å². The number of carbonyl (C=O) groups is 1. The Balaban J connectivity index is 1.98. The molecular formula is C18H19F2NO4. The Morgan fingerprint density at radius 3 is 2.48 bits per heavy atom. The number of halogens is 2. The van der Waals surface area contributed by atoms with E-state index in [2.05, 4.69) is 5.32 Å². The Hall–Kier alpha value is -2.83. The number of methoxy groups -OCH3 is 2.